The van der Waals surface area contributed by atoms with E-state index in [1.165, 1.54) is 12.1 Å². The van der Waals surface area contributed by atoms with Gasteiger partial charge in [0, 0.05) is 34.3 Å². The van der Waals surface area contributed by atoms with Crippen molar-refractivity contribution in [1.29, 1.82) is 0 Å². The van der Waals surface area contributed by atoms with E-state index < -0.39 is 11.5 Å². The Morgan fingerprint density at radius 2 is 1.58 bits per heavy atom. The van der Waals surface area contributed by atoms with Crippen LogP contribution in [0.2, 0.25) is 5.02 Å². The van der Waals surface area contributed by atoms with E-state index in [4.69, 9.17) is 11.6 Å². The lowest BCUT2D eigenvalue weighted by molar-refractivity contribution is -0.129. The number of rotatable bonds is 5. The molecule has 0 saturated carbocycles. The van der Waals surface area contributed by atoms with Crippen LogP contribution >= 0.6 is 11.6 Å². The summed E-state index contributed by atoms with van der Waals surface area (Å²) in [5.41, 5.74) is 2.57. The van der Waals surface area contributed by atoms with Crippen LogP contribution in [-0.4, -0.2) is 30.2 Å². The maximum absolute atomic E-state index is 14.7. The molecule has 0 N–H and O–H groups in total. The number of Topliss-reactive ketones (excluding diaryl/α,β-unsaturated/α-hetero) is 1. The van der Waals surface area contributed by atoms with Crippen molar-refractivity contribution < 1.29 is 14.0 Å². The fourth-order valence-electron chi connectivity index (χ4n) is 6.32. The molecule has 4 aromatic rings. The lowest BCUT2D eigenvalue weighted by Crippen LogP contribution is -2.53. The van der Waals surface area contributed by atoms with Crippen molar-refractivity contribution in [3.05, 3.63) is 136 Å². The Morgan fingerprint density at radius 3 is 2.32 bits per heavy atom. The molecule has 2 aliphatic rings. The van der Waals surface area contributed by atoms with Crippen molar-refractivity contribution in [1.82, 2.24) is 4.90 Å². The number of benzene rings is 4. The molecule has 0 unspecified atom stereocenters. The Balaban J connectivity index is 1.54. The standard InChI is InChI=1S/C32H26ClFN2O2/c1-35-20-25(21-15-17-24(34)18-16-21)29(30(37)22-9-3-2-4-10-22)32(35)26-12-6-8-14-28(26)36(31(32)38)19-23-11-5-7-13-27(23)33/h2-18,25,29H,19-20H2,1H3/t25-,29-,32-/m1/s1. The van der Waals surface area contributed by atoms with Crippen molar-refractivity contribution in [2.24, 2.45) is 5.92 Å². The normalized spacial score (nSPS) is 22.7. The minimum absolute atomic E-state index is 0.105. The molecule has 190 valence electrons. The number of likely N-dealkylation sites (tertiary alicyclic amines) is 1. The first-order valence-electron chi connectivity index (χ1n) is 12.6. The van der Waals surface area contributed by atoms with E-state index in [2.05, 4.69) is 0 Å². The van der Waals surface area contributed by atoms with Crippen molar-refractivity contribution in [2.45, 2.75) is 18.0 Å². The van der Waals surface area contributed by atoms with E-state index in [0.717, 1.165) is 22.4 Å². The van der Waals surface area contributed by atoms with Gasteiger partial charge < -0.3 is 4.90 Å². The number of halogens is 2. The van der Waals surface area contributed by atoms with Gasteiger partial charge in [0.2, 0.25) is 0 Å². The number of carbonyl (C=O) groups excluding carboxylic acids is 2. The number of amides is 1. The average Bonchev–Trinajstić information content (AvgIpc) is 3.38. The summed E-state index contributed by atoms with van der Waals surface area (Å²) < 4.78 is 13.9. The van der Waals surface area contributed by atoms with Crippen LogP contribution in [0.5, 0.6) is 0 Å². The molecule has 38 heavy (non-hydrogen) atoms. The molecule has 1 fully saturated rings. The van der Waals surface area contributed by atoms with Gasteiger partial charge in [-0.05, 0) is 42.4 Å². The molecule has 0 aliphatic carbocycles. The number of hydrogen-bond acceptors (Lipinski definition) is 3. The third-order valence-electron chi connectivity index (χ3n) is 8.03. The van der Waals surface area contributed by atoms with Gasteiger partial charge in [-0.2, -0.15) is 0 Å². The zero-order valence-electron chi connectivity index (χ0n) is 20.9. The Hall–Kier alpha value is -3.80. The second-order valence-corrected chi connectivity index (χ2v) is 10.4. The third-order valence-corrected chi connectivity index (χ3v) is 8.40. The Morgan fingerprint density at radius 1 is 0.921 bits per heavy atom. The Labute approximate surface area is 226 Å². The second kappa shape index (κ2) is 9.50. The van der Waals surface area contributed by atoms with E-state index in [0.29, 0.717) is 23.7 Å². The van der Waals surface area contributed by atoms with Crippen LogP contribution in [-0.2, 0) is 16.9 Å². The number of hydrogen-bond donors (Lipinski definition) is 0. The second-order valence-electron chi connectivity index (χ2n) is 10.0. The first-order valence-corrected chi connectivity index (χ1v) is 13.0. The van der Waals surface area contributed by atoms with Crippen molar-refractivity contribution >= 4 is 29.0 Å². The molecule has 2 heterocycles. The fourth-order valence-corrected chi connectivity index (χ4v) is 6.52. The third kappa shape index (κ3) is 3.69. The van der Waals surface area contributed by atoms with Crippen LogP contribution in [0.3, 0.4) is 0 Å². The first-order chi connectivity index (χ1) is 18.4. The van der Waals surface area contributed by atoms with Gasteiger partial charge in [0.05, 0.1) is 12.5 Å². The highest BCUT2D eigenvalue weighted by Gasteiger charge is 2.66. The molecule has 0 aromatic heterocycles. The fraction of sp³-hybridized carbons (Fsp3) is 0.188. The number of para-hydroxylation sites is 1. The van der Waals surface area contributed by atoms with Crippen LogP contribution in [0, 0.1) is 11.7 Å². The highest BCUT2D eigenvalue weighted by Crippen LogP contribution is 2.57. The van der Waals surface area contributed by atoms with Gasteiger partial charge in [-0.15, -0.1) is 0 Å². The van der Waals surface area contributed by atoms with Crippen LogP contribution in [0.1, 0.15) is 33.0 Å². The smallest absolute Gasteiger partial charge is 0.253 e. The predicted octanol–water partition coefficient (Wildman–Crippen LogP) is 6.45. The van der Waals surface area contributed by atoms with Gasteiger partial charge in [0.25, 0.3) is 5.91 Å². The SMILES string of the molecule is CN1C[C@H](c2ccc(F)cc2)[C@H](C(=O)c2ccccc2)[C@]12C(=O)N(Cc1ccccc1Cl)c1ccccc12. The maximum Gasteiger partial charge on any atom is 0.253 e. The zero-order chi connectivity index (χ0) is 26.4. The summed E-state index contributed by atoms with van der Waals surface area (Å²) in [6.45, 7) is 0.757. The predicted molar refractivity (Wildman–Crippen MR) is 147 cm³/mol. The number of ketones is 1. The van der Waals surface area contributed by atoms with Crippen molar-refractivity contribution in [3.63, 3.8) is 0 Å². The minimum Gasteiger partial charge on any atom is -0.306 e. The number of fused-ring (bicyclic) bond motifs is 2. The van der Waals surface area contributed by atoms with Gasteiger partial charge in [0.15, 0.2) is 5.78 Å². The summed E-state index contributed by atoms with van der Waals surface area (Å²) in [6, 6.07) is 30.6. The maximum atomic E-state index is 14.7. The van der Waals surface area contributed by atoms with Crippen molar-refractivity contribution in [2.75, 3.05) is 18.5 Å². The summed E-state index contributed by atoms with van der Waals surface area (Å²) in [7, 11) is 1.91. The topological polar surface area (TPSA) is 40.6 Å². The largest absolute Gasteiger partial charge is 0.306 e. The van der Waals surface area contributed by atoms with Gasteiger partial charge in [-0.3, -0.25) is 14.5 Å². The molecule has 6 rings (SSSR count). The van der Waals surface area contributed by atoms with Gasteiger partial charge in [0.1, 0.15) is 11.4 Å². The van der Waals surface area contributed by atoms with E-state index >= 15 is 0 Å². The lowest BCUT2D eigenvalue weighted by Gasteiger charge is -2.36. The van der Waals surface area contributed by atoms with E-state index in [9.17, 15) is 14.0 Å². The molecule has 4 nitrogen and oxygen atoms in total. The minimum atomic E-state index is -1.22. The van der Waals surface area contributed by atoms with Gasteiger partial charge >= 0.3 is 0 Å². The van der Waals surface area contributed by atoms with Gasteiger partial charge in [-0.25, -0.2) is 4.39 Å². The number of carbonyl (C=O) groups is 2. The molecule has 0 radical (unpaired) electrons. The molecule has 6 heteroatoms. The monoisotopic (exact) mass is 524 g/mol. The number of nitrogens with zero attached hydrogens (tertiary/aromatic N) is 2. The van der Waals surface area contributed by atoms with Gasteiger partial charge in [-0.1, -0.05) is 90.5 Å². The molecule has 4 aromatic carbocycles. The lowest BCUT2D eigenvalue weighted by atomic mass is 9.70. The van der Waals surface area contributed by atoms with Crippen molar-refractivity contribution in [3.8, 4) is 0 Å². The Kier molecular flexibility index (Phi) is 6.13. The van der Waals surface area contributed by atoms with E-state index in [-0.39, 0.29) is 23.4 Å². The number of likely N-dealkylation sites (N-methyl/N-ethyl adjacent to an activating group) is 1. The molecule has 1 saturated heterocycles. The Bertz CT molecular complexity index is 1520. The summed E-state index contributed by atoms with van der Waals surface area (Å²) >= 11 is 6.50. The summed E-state index contributed by atoms with van der Waals surface area (Å²) in [5, 5.41) is 0.583. The number of anilines is 1. The first kappa shape index (κ1) is 24.5. The van der Waals surface area contributed by atoms with Crippen LogP contribution < -0.4 is 4.90 Å². The summed E-state index contributed by atoms with van der Waals surface area (Å²) in [4.78, 5) is 32.9. The van der Waals surface area contributed by atoms with Crippen LogP contribution in [0.25, 0.3) is 0 Å². The summed E-state index contributed by atoms with van der Waals surface area (Å²) in [6.07, 6.45) is 0. The molecule has 2 aliphatic heterocycles. The molecule has 3 atom stereocenters. The molecule has 1 spiro atoms. The highest BCUT2D eigenvalue weighted by molar-refractivity contribution is 6.31. The van der Waals surface area contributed by atoms with Crippen LogP contribution in [0.15, 0.2) is 103 Å². The summed E-state index contributed by atoms with van der Waals surface area (Å²) in [5.74, 6) is -1.63. The molecular formula is C32H26ClFN2O2. The van der Waals surface area contributed by atoms with E-state index in [1.807, 2.05) is 78.7 Å². The zero-order valence-corrected chi connectivity index (χ0v) is 21.6. The van der Waals surface area contributed by atoms with E-state index in [1.54, 1.807) is 29.2 Å². The highest BCUT2D eigenvalue weighted by atomic mass is 35.5. The van der Waals surface area contributed by atoms with Crippen LogP contribution in [0.4, 0.5) is 10.1 Å². The molecule has 0 bridgehead atoms. The molecule has 1 amide bonds. The average molecular weight is 525 g/mol. The quantitative estimate of drug-likeness (QED) is 0.282. The molecular weight excluding hydrogens is 499 g/mol.